The summed E-state index contributed by atoms with van der Waals surface area (Å²) in [4.78, 5) is 14.5. The Kier molecular flexibility index (Phi) is 4.68. The van der Waals surface area contributed by atoms with Crippen LogP contribution in [0.5, 0.6) is 5.75 Å². The Morgan fingerprint density at radius 2 is 1.92 bits per heavy atom. The number of halogens is 3. The van der Waals surface area contributed by atoms with E-state index in [9.17, 15) is 23.1 Å². The zero-order valence-corrected chi connectivity index (χ0v) is 13.8. The predicted octanol–water partition coefficient (Wildman–Crippen LogP) is 2.87. The summed E-state index contributed by atoms with van der Waals surface area (Å²) in [7, 11) is 1.52. The minimum Gasteiger partial charge on any atom is -0.406 e. The van der Waals surface area contributed by atoms with Crippen molar-refractivity contribution in [1.29, 1.82) is 0 Å². The smallest absolute Gasteiger partial charge is 0.406 e. The lowest BCUT2D eigenvalue weighted by molar-refractivity contribution is -0.274. The van der Waals surface area contributed by atoms with Crippen molar-refractivity contribution < 1.29 is 32.5 Å². The lowest BCUT2D eigenvalue weighted by Crippen LogP contribution is -2.45. The molecule has 0 unspecified atom stereocenters. The van der Waals surface area contributed by atoms with Crippen LogP contribution in [0.2, 0.25) is 0 Å². The van der Waals surface area contributed by atoms with E-state index in [0.29, 0.717) is 37.9 Å². The molecule has 2 aliphatic rings. The topological polar surface area (TPSA) is 59.0 Å². The molecule has 1 aromatic rings. The van der Waals surface area contributed by atoms with Gasteiger partial charge in [0, 0.05) is 19.3 Å². The molecule has 1 aliphatic carbocycles. The van der Waals surface area contributed by atoms with Gasteiger partial charge in [0.25, 0.3) is 0 Å². The Morgan fingerprint density at radius 1 is 1.24 bits per heavy atom. The van der Waals surface area contributed by atoms with E-state index in [4.69, 9.17) is 4.74 Å². The van der Waals surface area contributed by atoms with Crippen LogP contribution in [0.3, 0.4) is 0 Å². The summed E-state index contributed by atoms with van der Waals surface area (Å²) in [5, 5.41) is 9.95. The van der Waals surface area contributed by atoms with E-state index in [1.807, 2.05) is 0 Å². The average molecular weight is 359 g/mol. The van der Waals surface area contributed by atoms with Gasteiger partial charge in [-0.1, -0.05) is 0 Å². The molecule has 0 radical (unpaired) electrons. The number of aliphatic hydroxyl groups is 1. The van der Waals surface area contributed by atoms with Crippen molar-refractivity contribution in [2.75, 3.05) is 18.6 Å². The first kappa shape index (κ1) is 18.0. The number of alkyl halides is 3. The SMILES string of the molecule is CO[C@@H]1C[C@@]2(CC[C@H]1O)CCN(c1ccc(OC(F)(F)F)cc1)C2=O. The average Bonchev–Trinajstić information content (AvgIpc) is 2.86. The molecule has 138 valence electrons. The van der Waals surface area contributed by atoms with Gasteiger partial charge in [-0.25, -0.2) is 0 Å². The molecule has 0 bridgehead atoms. The molecule has 1 N–H and O–H groups in total. The molecule has 8 heteroatoms. The number of benzene rings is 1. The van der Waals surface area contributed by atoms with Crippen molar-refractivity contribution in [3.63, 3.8) is 0 Å². The summed E-state index contributed by atoms with van der Waals surface area (Å²) in [5.74, 6) is -0.385. The van der Waals surface area contributed by atoms with Crippen LogP contribution in [-0.2, 0) is 9.53 Å². The third kappa shape index (κ3) is 3.59. The first-order valence-corrected chi connectivity index (χ1v) is 8.13. The monoisotopic (exact) mass is 359 g/mol. The number of hydrogen-bond donors (Lipinski definition) is 1. The van der Waals surface area contributed by atoms with Crippen LogP contribution in [0.25, 0.3) is 0 Å². The first-order valence-electron chi connectivity index (χ1n) is 8.13. The van der Waals surface area contributed by atoms with Gasteiger partial charge in [0.15, 0.2) is 0 Å². The number of hydrogen-bond acceptors (Lipinski definition) is 4. The molecule has 1 saturated carbocycles. The summed E-state index contributed by atoms with van der Waals surface area (Å²) >= 11 is 0. The molecule has 5 nitrogen and oxygen atoms in total. The van der Waals surface area contributed by atoms with Gasteiger partial charge in [0.05, 0.1) is 17.6 Å². The van der Waals surface area contributed by atoms with Gasteiger partial charge in [-0.05, 0) is 49.9 Å². The number of carbonyl (C=O) groups excluding carboxylic acids is 1. The summed E-state index contributed by atoms with van der Waals surface area (Å²) in [6.45, 7) is 0.491. The largest absolute Gasteiger partial charge is 0.573 e. The standard InChI is InChI=1S/C17H20F3NO4/c1-24-14-10-16(7-6-13(14)22)8-9-21(15(16)23)11-2-4-12(5-3-11)25-17(18,19)20/h2-5,13-14,22H,6-10H2,1H3/t13-,14-,16-/m1/s1. The van der Waals surface area contributed by atoms with E-state index in [1.165, 1.54) is 31.4 Å². The number of carbonyl (C=O) groups is 1. The van der Waals surface area contributed by atoms with Gasteiger partial charge < -0.3 is 19.5 Å². The second-order valence-corrected chi connectivity index (χ2v) is 6.61. The van der Waals surface area contributed by atoms with Gasteiger partial charge in [0.2, 0.25) is 5.91 Å². The summed E-state index contributed by atoms with van der Waals surface area (Å²) in [5.41, 5.74) is -0.0300. The highest BCUT2D eigenvalue weighted by Crippen LogP contribution is 2.46. The summed E-state index contributed by atoms with van der Waals surface area (Å²) in [6.07, 6.45) is -3.52. The minimum atomic E-state index is -4.74. The molecule has 1 aromatic carbocycles. The predicted molar refractivity (Wildman–Crippen MR) is 83.2 cm³/mol. The van der Waals surface area contributed by atoms with Crippen LogP contribution in [0.4, 0.5) is 18.9 Å². The normalized spacial score (nSPS) is 30.1. The van der Waals surface area contributed by atoms with E-state index in [0.717, 1.165) is 0 Å². The Balaban J connectivity index is 1.74. The van der Waals surface area contributed by atoms with Gasteiger partial charge in [-0.3, -0.25) is 4.79 Å². The van der Waals surface area contributed by atoms with Crippen LogP contribution in [0, 0.1) is 5.41 Å². The quantitative estimate of drug-likeness (QED) is 0.902. The first-order chi connectivity index (χ1) is 11.7. The fourth-order valence-corrected chi connectivity index (χ4v) is 3.79. The number of amides is 1. The Labute approximate surface area is 143 Å². The maximum Gasteiger partial charge on any atom is 0.573 e. The Hall–Kier alpha value is -1.80. The van der Waals surface area contributed by atoms with Crippen LogP contribution in [0.15, 0.2) is 24.3 Å². The Bertz CT molecular complexity index is 634. The van der Waals surface area contributed by atoms with Gasteiger partial charge >= 0.3 is 6.36 Å². The number of aliphatic hydroxyl groups excluding tert-OH is 1. The van der Waals surface area contributed by atoms with E-state index in [1.54, 1.807) is 4.90 Å². The molecule has 1 spiro atoms. The third-order valence-corrected chi connectivity index (χ3v) is 5.14. The van der Waals surface area contributed by atoms with Gasteiger partial charge in [0.1, 0.15) is 5.75 Å². The molecule has 2 fully saturated rings. The number of ether oxygens (including phenoxy) is 2. The lowest BCUT2D eigenvalue weighted by Gasteiger charge is -2.38. The number of methoxy groups -OCH3 is 1. The van der Waals surface area contributed by atoms with E-state index < -0.39 is 17.9 Å². The highest BCUT2D eigenvalue weighted by molar-refractivity contribution is 6.00. The van der Waals surface area contributed by atoms with Crippen molar-refractivity contribution in [2.45, 2.75) is 44.3 Å². The summed E-state index contributed by atoms with van der Waals surface area (Å²) in [6, 6.07) is 5.29. The van der Waals surface area contributed by atoms with Crippen molar-refractivity contribution >= 4 is 11.6 Å². The van der Waals surface area contributed by atoms with Crippen molar-refractivity contribution in [1.82, 2.24) is 0 Å². The highest BCUT2D eigenvalue weighted by Gasteiger charge is 2.51. The summed E-state index contributed by atoms with van der Waals surface area (Å²) < 4.78 is 45.8. The van der Waals surface area contributed by atoms with Crippen molar-refractivity contribution in [3.8, 4) is 5.75 Å². The molecule has 3 atom stereocenters. The van der Waals surface area contributed by atoms with Gasteiger partial charge in [-0.15, -0.1) is 13.2 Å². The van der Waals surface area contributed by atoms with E-state index in [2.05, 4.69) is 4.74 Å². The van der Waals surface area contributed by atoms with Crippen LogP contribution in [-0.4, -0.2) is 43.2 Å². The van der Waals surface area contributed by atoms with Crippen LogP contribution < -0.4 is 9.64 Å². The van der Waals surface area contributed by atoms with Crippen molar-refractivity contribution in [3.05, 3.63) is 24.3 Å². The van der Waals surface area contributed by atoms with Crippen LogP contribution >= 0.6 is 0 Å². The second-order valence-electron chi connectivity index (χ2n) is 6.61. The molecule has 1 heterocycles. The molecule has 25 heavy (non-hydrogen) atoms. The fraction of sp³-hybridized carbons (Fsp3) is 0.588. The maximum atomic E-state index is 12.9. The second kappa shape index (κ2) is 6.49. The third-order valence-electron chi connectivity index (χ3n) is 5.14. The molecular weight excluding hydrogens is 339 g/mol. The number of nitrogens with zero attached hydrogens (tertiary/aromatic N) is 1. The highest BCUT2D eigenvalue weighted by atomic mass is 19.4. The number of rotatable bonds is 3. The van der Waals surface area contributed by atoms with Crippen LogP contribution in [0.1, 0.15) is 25.7 Å². The molecule has 3 rings (SSSR count). The Morgan fingerprint density at radius 3 is 2.52 bits per heavy atom. The zero-order chi connectivity index (χ0) is 18.2. The van der Waals surface area contributed by atoms with E-state index >= 15 is 0 Å². The molecule has 0 aromatic heterocycles. The molecule has 1 saturated heterocycles. The minimum absolute atomic E-state index is 0.0639. The molecule has 1 amide bonds. The molecule has 1 aliphatic heterocycles. The molecular formula is C17H20F3NO4. The lowest BCUT2D eigenvalue weighted by atomic mass is 9.71. The maximum absolute atomic E-state index is 12.9. The van der Waals surface area contributed by atoms with E-state index in [-0.39, 0.29) is 17.8 Å². The number of anilines is 1. The fourth-order valence-electron chi connectivity index (χ4n) is 3.79. The van der Waals surface area contributed by atoms with Gasteiger partial charge in [-0.2, -0.15) is 0 Å². The van der Waals surface area contributed by atoms with Crippen molar-refractivity contribution in [2.24, 2.45) is 5.41 Å². The zero-order valence-electron chi connectivity index (χ0n) is 13.8.